The van der Waals surface area contributed by atoms with Gasteiger partial charge in [-0.05, 0) is 17.7 Å². The molecule has 1 aromatic carbocycles. The molecule has 3 amide bonds. The summed E-state index contributed by atoms with van der Waals surface area (Å²) in [7, 11) is 3.06. The number of hydrogen-bond donors (Lipinski definition) is 3. The van der Waals surface area contributed by atoms with E-state index in [9.17, 15) is 9.59 Å². The fourth-order valence-electron chi connectivity index (χ4n) is 3.01. The Hall–Kier alpha value is -2.74. The second-order valence-electron chi connectivity index (χ2n) is 5.49. The third kappa shape index (κ3) is 2.65. The van der Waals surface area contributed by atoms with Crippen LogP contribution in [0.5, 0.6) is 11.5 Å². The zero-order chi connectivity index (χ0) is 17.3. The Labute approximate surface area is 139 Å². The summed E-state index contributed by atoms with van der Waals surface area (Å²) in [6.45, 7) is 0.376. The molecule has 2 aliphatic rings. The minimum absolute atomic E-state index is 0.130. The lowest BCUT2D eigenvalue weighted by molar-refractivity contribution is -0.126. The van der Waals surface area contributed by atoms with Crippen molar-refractivity contribution >= 4 is 11.9 Å². The van der Waals surface area contributed by atoms with E-state index in [0.717, 1.165) is 0 Å². The van der Waals surface area contributed by atoms with E-state index >= 15 is 0 Å². The summed E-state index contributed by atoms with van der Waals surface area (Å²) >= 11 is 0. The molecule has 0 radical (unpaired) electrons. The van der Waals surface area contributed by atoms with Gasteiger partial charge in [-0.3, -0.25) is 4.79 Å². The monoisotopic (exact) mass is 333 g/mol. The number of β-amino-alcohol motifs (C(OH)–C–C–N with tert-alkyl or cyclic N) is 1. The molecule has 0 aromatic heterocycles. The van der Waals surface area contributed by atoms with Crippen LogP contribution in [0.15, 0.2) is 29.5 Å². The molecule has 2 aliphatic heterocycles. The van der Waals surface area contributed by atoms with Gasteiger partial charge >= 0.3 is 6.03 Å². The zero-order valence-electron chi connectivity index (χ0n) is 13.5. The summed E-state index contributed by atoms with van der Waals surface area (Å²) in [6, 6.07) is 4.30. The number of urea groups is 1. The summed E-state index contributed by atoms with van der Waals surface area (Å²) in [4.78, 5) is 26.1. The molecule has 0 saturated heterocycles. The van der Waals surface area contributed by atoms with Crippen molar-refractivity contribution in [3.8, 4) is 11.5 Å². The van der Waals surface area contributed by atoms with E-state index in [1.54, 1.807) is 18.2 Å². The van der Waals surface area contributed by atoms with Gasteiger partial charge in [-0.15, -0.1) is 0 Å². The van der Waals surface area contributed by atoms with Crippen LogP contribution in [-0.4, -0.2) is 55.9 Å². The van der Waals surface area contributed by atoms with Crippen LogP contribution in [0.25, 0.3) is 0 Å². The van der Waals surface area contributed by atoms with Crippen molar-refractivity contribution in [3.05, 3.63) is 35.0 Å². The van der Waals surface area contributed by atoms with Gasteiger partial charge in [-0.25, -0.2) is 4.79 Å². The van der Waals surface area contributed by atoms with Gasteiger partial charge in [0.1, 0.15) is 0 Å². The third-order valence-corrected chi connectivity index (χ3v) is 4.13. The molecule has 0 fully saturated rings. The van der Waals surface area contributed by atoms with Crippen LogP contribution >= 0.6 is 0 Å². The number of aliphatic hydroxyl groups is 1. The molecule has 0 bridgehead atoms. The fraction of sp³-hybridized carbons (Fsp3) is 0.375. The van der Waals surface area contributed by atoms with Crippen molar-refractivity contribution in [3.63, 3.8) is 0 Å². The second kappa shape index (κ2) is 6.40. The van der Waals surface area contributed by atoms with Gasteiger partial charge in [0.25, 0.3) is 5.91 Å². The normalized spacial score (nSPS) is 19.8. The largest absolute Gasteiger partial charge is 0.493 e. The SMILES string of the molecule is COc1ccc([C@H]2NC(=O)NC3=C2C(=O)N(CCO)C3)cc1OC. The maximum Gasteiger partial charge on any atom is 0.319 e. The second-order valence-corrected chi connectivity index (χ2v) is 5.49. The first-order chi connectivity index (χ1) is 11.6. The highest BCUT2D eigenvalue weighted by Crippen LogP contribution is 2.36. The zero-order valence-corrected chi connectivity index (χ0v) is 13.5. The summed E-state index contributed by atoms with van der Waals surface area (Å²) in [6.07, 6.45) is 0. The number of nitrogens with one attached hydrogen (secondary N) is 2. The van der Waals surface area contributed by atoms with Gasteiger partial charge < -0.3 is 30.1 Å². The topological polar surface area (TPSA) is 100 Å². The van der Waals surface area contributed by atoms with E-state index in [2.05, 4.69) is 10.6 Å². The highest BCUT2D eigenvalue weighted by molar-refractivity contribution is 6.01. The quantitative estimate of drug-likeness (QED) is 0.712. The average molecular weight is 333 g/mol. The van der Waals surface area contributed by atoms with Gasteiger partial charge in [0, 0.05) is 6.54 Å². The Morgan fingerprint density at radius 3 is 2.67 bits per heavy atom. The van der Waals surface area contributed by atoms with E-state index in [1.807, 2.05) is 0 Å². The standard InChI is InChI=1S/C16H19N3O5/c1-23-11-4-3-9(7-12(11)24-2)14-13-10(17-16(22)18-14)8-19(5-6-20)15(13)21/h3-4,7,14,20H,5-6,8H2,1-2H3,(H2,17,18,22)/t14-/m1/s1. The minimum Gasteiger partial charge on any atom is -0.493 e. The minimum atomic E-state index is -0.579. The molecule has 0 spiro atoms. The Balaban J connectivity index is 1.99. The maximum atomic E-state index is 12.6. The number of methoxy groups -OCH3 is 2. The van der Waals surface area contributed by atoms with Crippen LogP contribution in [0, 0.1) is 0 Å². The number of aliphatic hydroxyl groups excluding tert-OH is 1. The molecule has 24 heavy (non-hydrogen) atoms. The predicted molar refractivity (Wildman–Crippen MR) is 84.6 cm³/mol. The first kappa shape index (κ1) is 16.1. The number of carbonyl (C=O) groups excluding carboxylic acids is 2. The van der Waals surface area contributed by atoms with Crippen molar-refractivity contribution in [1.82, 2.24) is 15.5 Å². The summed E-state index contributed by atoms with van der Waals surface area (Å²) < 4.78 is 10.5. The van der Waals surface area contributed by atoms with Gasteiger partial charge in [0.15, 0.2) is 11.5 Å². The van der Waals surface area contributed by atoms with Crippen molar-refractivity contribution in [1.29, 1.82) is 0 Å². The van der Waals surface area contributed by atoms with Crippen molar-refractivity contribution in [2.75, 3.05) is 33.9 Å². The molecule has 8 nitrogen and oxygen atoms in total. The molecule has 8 heteroatoms. The van der Waals surface area contributed by atoms with Crippen LogP contribution < -0.4 is 20.1 Å². The lowest BCUT2D eigenvalue weighted by atomic mass is 9.96. The summed E-state index contributed by atoms with van der Waals surface area (Å²) in [5.41, 5.74) is 1.77. The first-order valence-electron chi connectivity index (χ1n) is 7.51. The van der Waals surface area contributed by atoms with E-state index in [1.165, 1.54) is 19.1 Å². The average Bonchev–Trinajstić information content (AvgIpc) is 2.89. The molecule has 3 rings (SSSR count). The lowest BCUT2D eigenvalue weighted by Crippen LogP contribution is -2.44. The highest BCUT2D eigenvalue weighted by atomic mass is 16.5. The lowest BCUT2D eigenvalue weighted by Gasteiger charge is -2.26. The van der Waals surface area contributed by atoms with Crippen LogP contribution in [0.4, 0.5) is 4.79 Å². The third-order valence-electron chi connectivity index (χ3n) is 4.13. The molecular formula is C16H19N3O5. The first-order valence-corrected chi connectivity index (χ1v) is 7.51. The summed E-state index contributed by atoms with van der Waals surface area (Å²) in [5.74, 6) is 0.879. The van der Waals surface area contributed by atoms with Crippen molar-refractivity contribution < 1.29 is 24.2 Å². The number of nitrogens with zero attached hydrogens (tertiary/aromatic N) is 1. The Morgan fingerprint density at radius 2 is 2.00 bits per heavy atom. The van der Waals surface area contributed by atoms with Crippen LogP contribution in [-0.2, 0) is 4.79 Å². The molecule has 0 saturated carbocycles. The van der Waals surface area contributed by atoms with Crippen LogP contribution in [0.2, 0.25) is 0 Å². The molecule has 0 aliphatic carbocycles. The molecule has 3 N–H and O–H groups in total. The van der Waals surface area contributed by atoms with E-state index in [4.69, 9.17) is 14.6 Å². The molecule has 0 unspecified atom stereocenters. The number of carbonyl (C=O) groups is 2. The Bertz CT molecular complexity index is 716. The van der Waals surface area contributed by atoms with Crippen molar-refractivity contribution in [2.45, 2.75) is 6.04 Å². The van der Waals surface area contributed by atoms with Crippen LogP contribution in [0.1, 0.15) is 11.6 Å². The number of hydrogen-bond acceptors (Lipinski definition) is 5. The predicted octanol–water partition coefficient (Wildman–Crippen LogP) is 0.146. The molecule has 2 heterocycles. The fourth-order valence-corrected chi connectivity index (χ4v) is 3.01. The van der Waals surface area contributed by atoms with Crippen molar-refractivity contribution in [2.24, 2.45) is 0 Å². The van der Waals surface area contributed by atoms with Gasteiger partial charge in [0.05, 0.1) is 44.7 Å². The van der Waals surface area contributed by atoms with E-state index < -0.39 is 6.04 Å². The number of ether oxygens (including phenoxy) is 2. The van der Waals surface area contributed by atoms with Gasteiger partial charge in [0.2, 0.25) is 0 Å². The van der Waals surface area contributed by atoms with Gasteiger partial charge in [-0.1, -0.05) is 6.07 Å². The summed E-state index contributed by atoms with van der Waals surface area (Å²) in [5, 5.41) is 14.5. The Morgan fingerprint density at radius 1 is 1.25 bits per heavy atom. The smallest absolute Gasteiger partial charge is 0.319 e. The van der Waals surface area contributed by atoms with Crippen LogP contribution in [0.3, 0.4) is 0 Å². The Kier molecular flexibility index (Phi) is 4.30. The molecule has 1 atom stereocenters. The maximum absolute atomic E-state index is 12.6. The molecule has 128 valence electrons. The molecule has 1 aromatic rings. The number of amides is 3. The number of benzene rings is 1. The van der Waals surface area contributed by atoms with E-state index in [0.29, 0.717) is 28.3 Å². The van der Waals surface area contributed by atoms with Gasteiger partial charge in [-0.2, -0.15) is 0 Å². The highest BCUT2D eigenvalue weighted by Gasteiger charge is 2.40. The number of rotatable bonds is 5. The molecular weight excluding hydrogens is 314 g/mol. The van der Waals surface area contributed by atoms with E-state index in [-0.39, 0.29) is 31.6 Å².